The average Bonchev–Trinajstić information content (AvgIpc) is 2.63. The first-order valence-electron chi connectivity index (χ1n) is 9.08. The smallest absolute Gasteiger partial charge is 0.310 e. The van der Waals surface area contributed by atoms with E-state index in [9.17, 15) is 9.18 Å². The third-order valence-corrected chi connectivity index (χ3v) is 4.25. The van der Waals surface area contributed by atoms with Crippen LogP contribution >= 0.6 is 0 Å². The molecule has 0 aromatic heterocycles. The molecule has 2 rings (SSSR count). The summed E-state index contributed by atoms with van der Waals surface area (Å²) < 4.78 is 18.1. The van der Waals surface area contributed by atoms with Gasteiger partial charge in [0, 0.05) is 26.2 Å². The number of hydrogen-bond donors (Lipinski definition) is 1. The number of hydrogen-bond acceptors (Lipinski definition) is 3. The Morgan fingerprint density at radius 1 is 1.36 bits per heavy atom. The first kappa shape index (κ1) is 19.2. The van der Waals surface area contributed by atoms with Gasteiger partial charge in [-0.3, -0.25) is 9.79 Å². The van der Waals surface area contributed by atoms with E-state index in [0.717, 1.165) is 43.9 Å². The van der Waals surface area contributed by atoms with Gasteiger partial charge in [0.05, 0.1) is 12.5 Å². The highest BCUT2D eigenvalue weighted by atomic mass is 19.1. The van der Waals surface area contributed by atoms with Gasteiger partial charge in [0.1, 0.15) is 5.82 Å². The van der Waals surface area contributed by atoms with E-state index in [1.807, 2.05) is 13.8 Å². The van der Waals surface area contributed by atoms with Crippen LogP contribution in [-0.2, 0) is 16.0 Å². The van der Waals surface area contributed by atoms with E-state index in [1.165, 1.54) is 12.1 Å². The standard InChI is InChI=1S/C19H28FN3O2/c1-3-21-19(22-12-11-15-7-9-17(20)10-8-15)23-13-5-6-16(14-23)18(24)25-4-2/h7-10,16H,3-6,11-14H2,1-2H3,(H,21,22). The maximum atomic E-state index is 13.0. The molecule has 1 aromatic rings. The molecule has 0 amide bonds. The minimum atomic E-state index is -0.223. The van der Waals surface area contributed by atoms with Gasteiger partial charge in [0.15, 0.2) is 5.96 Å². The number of nitrogens with zero attached hydrogens (tertiary/aromatic N) is 2. The number of benzene rings is 1. The Bertz CT molecular complexity index is 575. The molecule has 1 N–H and O–H groups in total. The highest BCUT2D eigenvalue weighted by Crippen LogP contribution is 2.18. The molecule has 0 spiro atoms. The number of esters is 1. The lowest BCUT2D eigenvalue weighted by Crippen LogP contribution is -2.48. The Morgan fingerprint density at radius 3 is 2.80 bits per heavy atom. The van der Waals surface area contributed by atoms with Crippen molar-refractivity contribution in [3.05, 3.63) is 35.6 Å². The van der Waals surface area contributed by atoms with E-state index in [4.69, 9.17) is 4.74 Å². The summed E-state index contributed by atoms with van der Waals surface area (Å²) in [5.74, 6) is 0.404. The molecule has 1 aliphatic heterocycles. The number of aliphatic imine (C=N–C) groups is 1. The topological polar surface area (TPSA) is 53.9 Å². The van der Waals surface area contributed by atoms with Crippen molar-refractivity contribution in [1.82, 2.24) is 10.2 Å². The lowest BCUT2D eigenvalue weighted by molar-refractivity contribution is -0.149. The molecule has 0 radical (unpaired) electrons. The molecule has 1 aliphatic rings. The lowest BCUT2D eigenvalue weighted by Gasteiger charge is -2.34. The van der Waals surface area contributed by atoms with Crippen molar-refractivity contribution in [1.29, 1.82) is 0 Å². The van der Waals surface area contributed by atoms with Gasteiger partial charge < -0.3 is 15.0 Å². The van der Waals surface area contributed by atoms with Crippen molar-refractivity contribution in [2.24, 2.45) is 10.9 Å². The summed E-state index contributed by atoms with van der Waals surface area (Å²) in [6.45, 7) is 7.20. The highest BCUT2D eigenvalue weighted by Gasteiger charge is 2.28. The van der Waals surface area contributed by atoms with Gasteiger partial charge in [-0.15, -0.1) is 0 Å². The highest BCUT2D eigenvalue weighted by molar-refractivity contribution is 5.81. The predicted molar refractivity (Wildman–Crippen MR) is 97.0 cm³/mol. The second-order valence-corrected chi connectivity index (χ2v) is 6.15. The van der Waals surface area contributed by atoms with Crippen molar-refractivity contribution in [2.45, 2.75) is 33.1 Å². The van der Waals surface area contributed by atoms with Crippen molar-refractivity contribution >= 4 is 11.9 Å². The summed E-state index contributed by atoms with van der Waals surface area (Å²) in [6.07, 6.45) is 2.57. The number of halogens is 1. The van der Waals surface area contributed by atoms with E-state index in [-0.39, 0.29) is 17.7 Å². The summed E-state index contributed by atoms with van der Waals surface area (Å²) in [7, 11) is 0. The first-order chi connectivity index (χ1) is 12.1. The molecule has 6 heteroatoms. The number of carbonyl (C=O) groups is 1. The number of ether oxygens (including phenoxy) is 1. The normalized spacial score (nSPS) is 18.1. The molecule has 25 heavy (non-hydrogen) atoms. The van der Waals surface area contributed by atoms with Crippen LogP contribution in [0.4, 0.5) is 4.39 Å². The zero-order chi connectivity index (χ0) is 18.1. The van der Waals surface area contributed by atoms with Gasteiger partial charge in [-0.05, 0) is 50.8 Å². The van der Waals surface area contributed by atoms with Gasteiger partial charge in [0.2, 0.25) is 0 Å². The molecular formula is C19H28FN3O2. The Kier molecular flexibility index (Phi) is 7.70. The van der Waals surface area contributed by atoms with E-state index in [1.54, 1.807) is 12.1 Å². The monoisotopic (exact) mass is 349 g/mol. The van der Waals surface area contributed by atoms with Crippen LogP contribution in [-0.4, -0.2) is 49.6 Å². The molecular weight excluding hydrogens is 321 g/mol. The second kappa shape index (κ2) is 10.0. The van der Waals surface area contributed by atoms with E-state index < -0.39 is 0 Å². The average molecular weight is 349 g/mol. The number of carbonyl (C=O) groups excluding carboxylic acids is 1. The van der Waals surface area contributed by atoms with Crippen LogP contribution in [0.25, 0.3) is 0 Å². The molecule has 138 valence electrons. The summed E-state index contributed by atoms with van der Waals surface area (Å²) in [6, 6.07) is 6.52. The Labute approximate surface area is 149 Å². The largest absolute Gasteiger partial charge is 0.466 e. The number of nitrogens with one attached hydrogen (secondary N) is 1. The second-order valence-electron chi connectivity index (χ2n) is 6.15. The Hall–Kier alpha value is -2.11. The lowest BCUT2D eigenvalue weighted by atomic mass is 9.98. The first-order valence-corrected chi connectivity index (χ1v) is 9.08. The van der Waals surface area contributed by atoms with Gasteiger partial charge in [-0.25, -0.2) is 4.39 Å². The fourth-order valence-electron chi connectivity index (χ4n) is 2.99. The van der Waals surface area contributed by atoms with E-state index >= 15 is 0 Å². The van der Waals surface area contributed by atoms with Crippen molar-refractivity contribution < 1.29 is 13.9 Å². The van der Waals surface area contributed by atoms with E-state index in [0.29, 0.717) is 19.7 Å². The number of guanidine groups is 1. The molecule has 1 heterocycles. The fourth-order valence-corrected chi connectivity index (χ4v) is 2.99. The molecule has 0 saturated carbocycles. The minimum absolute atomic E-state index is 0.0883. The number of piperidine rings is 1. The van der Waals surface area contributed by atoms with Crippen molar-refractivity contribution in [3.8, 4) is 0 Å². The number of rotatable bonds is 6. The van der Waals surface area contributed by atoms with Crippen LogP contribution in [0.2, 0.25) is 0 Å². The molecule has 0 bridgehead atoms. The molecule has 1 atom stereocenters. The van der Waals surface area contributed by atoms with Crippen molar-refractivity contribution in [3.63, 3.8) is 0 Å². The predicted octanol–water partition coefficient (Wildman–Crippen LogP) is 2.61. The maximum absolute atomic E-state index is 13.0. The quantitative estimate of drug-likeness (QED) is 0.487. The molecule has 5 nitrogen and oxygen atoms in total. The van der Waals surface area contributed by atoms with E-state index in [2.05, 4.69) is 15.2 Å². The van der Waals surface area contributed by atoms with Gasteiger partial charge >= 0.3 is 5.97 Å². The third-order valence-electron chi connectivity index (χ3n) is 4.25. The zero-order valence-electron chi connectivity index (χ0n) is 15.1. The minimum Gasteiger partial charge on any atom is -0.466 e. The molecule has 1 aromatic carbocycles. The number of likely N-dealkylation sites (tertiary alicyclic amines) is 1. The van der Waals surface area contributed by atoms with Crippen LogP contribution in [0.5, 0.6) is 0 Å². The third kappa shape index (κ3) is 6.03. The Balaban J connectivity index is 1.95. The van der Waals surface area contributed by atoms with Crippen LogP contribution in [0.1, 0.15) is 32.3 Å². The molecule has 1 fully saturated rings. The maximum Gasteiger partial charge on any atom is 0.310 e. The molecule has 0 aliphatic carbocycles. The summed E-state index contributed by atoms with van der Waals surface area (Å²) >= 11 is 0. The van der Waals surface area contributed by atoms with Crippen molar-refractivity contribution in [2.75, 3.05) is 32.8 Å². The fraction of sp³-hybridized carbons (Fsp3) is 0.579. The summed E-state index contributed by atoms with van der Waals surface area (Å²) in [5.41, 5.74) is 1.06. The van der Waals surface area contributed by atoms with Crippen LogP contribution in [0.15, 0.2) is 29.3 Å². The SMILES string of the molecule is CCNC(=NCCc1ccc(F)cc1)N1CCCC(C(=O)OCC)C1. The van der Waals surface area contributed by atoms with Gasteiger partial charge in [0.25, 0.3) is 0 Å². The Morgan fingerprint density at radius 2 is 2.12 bits per heavy atom. The van der Waals surface area contributed by atoms with Crippen LogP contribution < -0.4 is 5.32 Å². The van der Waals surface area contributed by atoms with Crippen LogP contribution in [0.3, 0.4) is 0 Å². The zero-order valence-corrected chi connectivity index (χ0v) is 15.1. The molecule has 1 unspecified atom stereocenters. The van der Waals surface area contributed by atoms with Crippen LogP contribution in [0, 0.1) is 11.7 Å². The molecule has 1 saturated heterocycles. The summed E-state index contributed by atoms with van der Waals surface area (Å²) in [5, 5.41) is 3.30. The van der Waals surface area contributed by atoms with Gasteiger partial charge in [-0.1, -0.05) is 12.1 Å². The summed E-state index contributed by atoms with van der Waals surface area (Å²) in [4.78, 5) is 18.8. The van der Waals surface area contributed by atoms with Gasteiger partial charge in [-0.2, -0.15) is 0 Å².